The van der Waals surface area contributed by atoms with Crippen molar-refractivity contribution in [1.82, 2.24) is 29.9 Å². The number of H-pyrrole nitrogens is 2. The molecule has 0 bridgehead atoms. The molecule has 6 rings (SSSR count). The fraction of sp³-hybridized carbons (Fsp3) is 0.0769. The molecule has 6 aromatic rings. The van der Waals surface area contributed by atoms with Gasteiger partial charge in [0.05, 0.1) is 10.8 Å². The van der Waals surface area contributed by atoms with Gasteiger partial charge in [-0.3, -0.25) is 0 Å². The van der Waals surface area contributed by atoms with Crippen molar-refractivity contribution in [3.63, 3.8) is 0 Å². The number of ether oxygens (including phenoxy) is 1. The van der Waals surface area contributed by atoms with E-state index >= 15 is 0 Å². The third-order valence-electron chi connectivity index (χ3n) is 5.11. The molecular weight excluding hydrogens is 444 g/mol. The molecule has 0 radical (unpaired) electrons. The molecule has 0 aliphatic carbocycles. The van der Waals surface area contributed by atoms with Crippen LogP contribution in [-0.4, -0.2) is 29.9 Å². The highest BCUT2D eigenvalue weighted by atomic mass is 32.2. The number of rotatable bonds is 4. The van der Waals surface area contributed by atoms with Gasteiger partial charge in [-0.05, 0) is 50.2 Å². The number of aromatic amines is 2. The normalized spacial score (nSPS) is 10.8. The Morgan fingerprint density at radius 3 is 1.94 bits per heavy atom. The molecule has 0 atom stereocenters. The second-order valence-corrected chi connectivity index (χ2v) is 8.73. The Bertz CT molecular complexity index is 1410. The minimum Gasteiger partial charge on any atom is -0.438 e. The maximum Gasteiger partial charge on any atom is 0.231 e. The van der Waals surface area contributed by atoms with Crippen LogP contribution in [0.2, 0.25) is 0 Å². The molecule has 2 aromatic carbocycles. The van der Waals surface area contributed by atoms with Crippen molar-refractivity contribution < 1.29 is 4.74 Å². The van der Waals surface area contributed by atoms with Crippen molar-refractivity contribution >= 4 is 33.8 Å². The highest BCUT2D eigenvalue weighted by molar-refractivity contribution is 7.99. The van der Waals surface area contributed by atoms with Crippen LogP contribution >= 0.6 is 11.8 Å². The lowest BCUT2D eigenvalue weighted by atomic mass is 10.2. The van der Waals surface area contributed by atoms with Gasteiger partial charge in [0.2, 0.25) is 5.88 Å². The van der Waals surface area contributed by atoms with E-state index in [1.54, 1.807) is 18.1 Å². The van der Waals surface area contributed by atoms with Crippen LogP contribution in [0.25, 0.3) is 22.1 Å². The lowest BCUT2D eigenvalue weighted by Crippen LogP contribution is -1.90. The standard InChI is InChI=1S/C13H11N3O.C13H11N3S/c2*1-9-2-4-10(5-3-9)17-13-11-6-7-14-12(11)15-8-16-13/h2*2-8H,1H3,(H,14,15,16). The van der Waals surface area contributed by atoms with Gasteiger partial charge in [0.15, 0.2) is 0 Å². The summed E-state index contributed by atoms with van der Waals surface area (Å²) < 4.78 is 5.73. The van der Waals surface area contributed by atoms with Crippen molar-refractivity contribution in [1.29, 1.82) is 0 Å². The zero-order valence-electron chi connectivity index (χ0n) is 18.7. The van der Waals surface area contributed by atoms with Gasteiger partial charge in [0.1, 0.15) is 34.7 Å². The molecule has 0 saturated heterocycles. The summed E-state index contributed by atoms with van der Waals surface area (Å²) in [5.41, 5.74) is 4.13. The Morgan fingerprint density at radius 2 is 1.24 bits per heavy atom. The summed E-state index contributed by atoms with van der Waals surface area (Å²) in [6.45, 7) is 4.13. The van der Waals surface area contributed by atoms with E-state index in [0.29, 0.717) is 5.88 Å². The predicted molar refractivity (Wildman–Crippen MR) is 134 cm³/mol. The zero-order chi connectivity index (χ0) is 23.3. The van der Waals surface area contributed by atoms with Crippen LogP contribution in [0.5, 0.6) is 11.6 Å². The van der Waals surface area contributed by atoms with Gasteiger partial charge in [0, 0.05) is 17.3 Å². The number of hydrogen-bond donors (Lipinski definition) is 2. The smallest absolute Gasteiger partial charge is 0.231 e. The summed E-state index contributed by atoms with van der Waals surface area (Å²) in [5.74, 6) is 1.34. The Hall–Kier alpha value is -4.17. The van der Waals surface area contributed by atoms with Crippen LogP contribution in [0.4, 0.5) is 0 Å². The van der Waals surface area contributed by atoms with Crippen LogP contribution in [0, 0.1) is 13.8 Å². The average Bonchev–Trinajstić information content (AvgIpc) is 3.53. The zero-order valence-corrected chi connectivity index (χ0v) is 19.5. The predicted octanol–water partition coefficient (Wildman–Crippen LogP) is 6.48. The van der Waals surface area contributed by atoms with Crippen molar-refractivity contribution in [2.75, 3.05) is 0 Å². The second-order valence-electron chi connectivity index (χ2n) is 7.67. The first-order chi connectivity index (χ1) is 16.7. The summed E-state index contributed by atoms with van der Waals surface area (Å²) in [7, 11) is 0. The second kappa shape index (κ2) is 9.76. The molecule has 0 aliphatic heterocycles. The molecule has 0 saturated carbocycles. The molecule has 0 unspecified atom stereocenters. The van der Waals surface area contributed by atoms with Gasteiger partial charge < -0.3 is 14.7 Å². The molecule has 0 fully saturated rings. The summed E-state index contributed by atoms with van der Waals surface area (Å²) >= 11 is 1.66. The summed E-state index contributed by atoms with van der Waals surface area (Å²) in [5, 5.41) is 2.94. The monoisotopic (exact) mass is 466 g/mol. The van der Waals surface area contributed by atoms with E-state index in [9.17, 15) is 0 Å². The van der Waals surface area contributed by atoms with E-state index in [2.05, 4.69) is 61.1 Å². The number of benzene rings is 2. The Balaban J connectivity index is 0.000000142. The highest BCUT2D eigenvalue weighted by Gasteiger charge is 2.07. The molecule has 4 aromatic heterocycles. The van der Waals surface area contributed by atoms with Crippen LogP contribution in [-0.2, 0) is 0 Å². The number of aromatic nitrogens is 6. The molecular formula is C26H22N6OS. The van der Waals surface area contributed by atoms with Gasteiger partial charge in [0.25, 0.3) is 0 Å². The van der Waals surface area contributed by atoms with E-state index in [1.165, 1.54) is 22.3 Å². The van der Waals surface area contributed by atoms with E-state index in [4.69, 9.17) is 4.74 Å². The largest absolute Gasteiger partial charge is 0.438 e. The van der Waals surface area contributed by atoms with Crippen molar-refractivity contribution in [3.05, 3.63) is 96.8 Å². The Morgan fingerprint density at radius 1 is 0.647 bits per heavy atom. The third kappa shape index (κ3) is 4.92. The minimum atomic E-state index is 0.570. The Kier molecular flexibility index (Phi) is 6.22. The van der Waals surface area contributed by atoms with Gasteiger partial charge in [-0.1, -0.05) is 47.2 Å². The maximum absolute atomic E-state index is 5.73. The molecule has 168 valence electrons. The van der Waals surface area contributed by atoms with Gasteiger partial charge >= 0.3 is 0 Å². The van der Waals surface area contributed by atoms with Crippen LogP contribution < -0.4 is 4.74 Å². The third-order valence-corrected chi connectivity index (χ3v) is 6.13. The summed E-state index contributed by atoms with van der Waals surface area (Å²) in [4.78, 5) is 24.1. The fourth-order valence-electron chi connectivity index (χ4n) is 3.30. The summed E-state index contributed by atoms with van der Waals surface area (Å²) in [6.07, 6.45) is 6.79. The lowest BCUT2D eigenvalue weighted by molar-refractivity contribution is 0.468. The van der Waals surface area contributed by atoms with Crippen molar-refractivity contribution in [3.8, 4) is 11.6 Å². The SMILES string of the molecule is Cc1ccc(Oc2ncnc3[nH]ccc23)cc1.Cc1ccc(Sc2ncnc3[nH]ccc23)cc1. The minimum absolute atomic E-state index is 0.570. The highest BCUT2D eigenvalue weighted by Crippen LogP contribution is 2.30. The van der Waals surface area contributed by atoms with Gasteiger partial charge in [-0.25, -0.2) is 19.9 Å². The van der Waals surface area contributed by atoms with E-state index in [0.717, 1.165) is 32.8 Å². The first kappa shape index (κ1) is 21.7. The van der Waals surface area contributed by atoms with Crippen molar-refractivity contribution in [2.45, 2.75) is 23.8 Å². The van der Waals surface area contributed by atoms with Gasteiger partial charge in [-0.15, -0.1) is 0 Å². The first-order valence-corrected chi connectivity index (χ1v) is 11.5. The van der Waals surface area contributed by atoms with E-state index in [-0.39, 0.29) is 0 Å². The molecule has 4 heterocycles. The number of nitrogens with zero attached hydrogens (tertiary/aromatic N) is 4. The molecule has 0 amide bonds. The molecule has 8 heteroatoms. The van der Waals surface area contributed by atoms with Crippen LogP contribution in [0.3, 0.4) is 0 Å². The topological polar surface area (TPSA) is 92.4 Å². The van der Waals surface area contributed by atoms with Crippen molar-refractivity contribution in [2.24, 2.45) is 0 Å². The number of fused-ring (bicyclic) bond motifs is 2. The molecule has 0 spiro atoms. The van der Waals surface area contributed by atoms with Gasteiger partial charge in [-0.2, -0.15) is 0 Å². The number of aryl methyl sites for hydroxylation is 2. The van der Waals surface area contributed by atoms with E-state index < -0.39 is 0 Å². The maximum atomic E-state index is 5.73. The fourth-order valence-corrected chi connectivity index (χ4v) is 4.17. The molecule has 34 heavy (non-hydrogen) atoms. The first-order valence-electron chi connectivity index (χ1n) is 10.7. The molecule has 0 aliphatic rings. The number of hydrogen-bond acceptors (Lipinski definition) is 6. The van der Waals surface area contributed by atoms with Crippen LogP contribution in [0.15, 0.2) is 95.6 Å². The Labute approximate surface area is 200 Å². The molecule has 2 N–H and O–H groups in total. The quantitative estimate of drug-likeness (QED) is 0.289. The average molecular weight is 467 g/mol. The van der Waals surface area contributed by atoms with Crippen LogP contribution in [0.1, 0.15) is 11.1 Å². The number of nitrogens with one attached hydrogen (secondary N) is 2. The lowest BCUT2D eigenvalue weighted by Gasteiger charge is -2.05. The molecule has 7 nitrogen and oxygen atoms in total. The summed E-state index contributed by atoms with van der Waals surface area (Å²) in [6, 6.07) is 20.2. The van der Waals surface area contributed by atoms with E-state index in [1.807, 2.05) is 55.7 Å².